The molecule has 0 radical (unpaired) electrons. The zero-order valence-electron chi connectivity index (χ0n) is 11.5. The van der Waals surface area contributed by atoms with Crippen LogP contribution in [0.3, 0.4) is 0 Å². The van der Waals surface area contributed by atoms with E-state index in [9.17, 15) is 13.2 Å². The Morgan fingerprint density at radius 3 is 2.74 bits per heavy atom. The molecular formula is C12H23NO5S. The van der Waals surface area contributed by atoms with Crippen molar-refractivity contribution in [3.05, 3.63) is 0 Å². The van der Waals surface area contributed by atoms with E-state index >= 15 is 0 Å². The monoisotopic (exact) mass is 293 g/mol. The van der Waals surface area contributed by atoms with Crippen molar-refractivity contribution in [1.29, 1.82) is 0 Å². The molecule has 1 rings (SSSR count). The third-order valence-electron chi connectivity index (χ3n) is 3.61. The summed E-state index contributed by atoms with van der Waals surface area (Å²) >= 11 is 0. The summed E-state index contributed by atoms with van der Waals surface area (Å²) in [5.41, 5.74) is 0. The number of hydrogen-bond donors (Lipinski definition) is 2. The second-order valence-electron chi connectivity index (χ2n) is 5.11. The van der Waals surface area contributed by atoms with E-state index in [1.54, 1.807) is 0 Å². The largest absolute Gasteiger partial charge is 0.469 e. The van der Waals surface area contributed by atoms with Gasteiger partial charge in [0, 0.05) is 13.2 Å². The Morgan fingerprint density at radius 1 is 1.47 bits per heavy atom. The fourth-order valence-electron chi connectivity index (χ4n) is 2.41. The van der Waals surface area contributed by atoms with Gasteiger partial charge in [-0.2, -0.15) is 0 Å². The van der Waals surface area contributed by atoms with E-state index in [0.717, 1.165) is 6.42 Å². The molecule has 0 spiro atoms. The molecule has 0 aromatic heterocycles. The summed E-state index contributed by atoms with van der Waals surface area (Å²) in [5, 5.41) is 8.09. The highest BCUT2D eigenvalue weighted by atomic mass is 32.2. The van der Waals surface area contributed by atoms with Gasteiger partial charge in [0.15, 0.2) is 0 Å². The van der Waals surface area contributed by atoms with Gasteiger partial charge in [0.1, 0.15) is 0 Å². The van der Waals surface area contributed by atoms with Crippen LogP contribution < -0.4 is 4.72 Å². The topological polar surface area (TPSA) is 92.7 Å². The number of methoxy groups -OCH3 is 1. The first-order valence-corrected chi connectivity index (χ1v) is 8.14. The van der Waals surface area contributed by atoms with Gasteiger partial charge in [-0.3, -0.25) is 4.79 Å². The lowest BCUT2D eigenvalue weighted by atomic mass is 10.1. The molecule has 0 aromatic rings. The normalized spacial score (nSPS) is 25.2. The van der Waals surface area contributed by atoms with Gasteiger partial charge in [0.2, 0.25) is 10.0 Å². The molecule has 0 aliphatic heterocycles. The second kappa shape index (κ2) is 7.21. The van der Waals surface area contributed by atoms with Crippen LogP contribution in [-0.2, 0) is 19.6 Å². The van der Waals surface area contributed by atoms with Crippen LogP contribution in [0.15, 0.2) is 0 Å². The van der Waals surface area contributed by atoms with Gasteiger partial charge in [0.05, 0.1) is 18.3 Å². The summed E-state index contributed by atoms with van der Waals surface area (Å²) < 4.78 is 31.6. The Kier molecular flexibility index (Phi) is 6.22. The lowest BCUT2D eigenvalue weighted by Crippen LogP contribution is -2.41. The van der Waals surface area contributed by atoms with Crippen LogP contribution in [0.4, 0.5) is 0 Å². The lowest BCUT2D eigenvalue weighted by molar-refractivity contribution is -0.145. The molecule has 1 saturated carbocycles. The van der Waals surface area contributed by atoms with Crippen LogP contribution in [0, 0.1) is 11.8 Å². The molecule has 1 fully saturated rings. The van der Waals surface area contributed by atoms with E-state index in [0.29, 0.717) is 19.3 Å². The Hall–Kier alpha value is -0.660. The number of esters is 1. The first kappa shape index (κ1) is 16.4. The van der Waals surface area contributed by atoms with Crippen molar-refractivity contribution in [3.8, 4) is 0 Å². The summed E-state index contributed by atoms with van der Waals surface area (Å²) in [7, 11) is -2.23. The minimum atomic E-state index is -3.51. The lowest BCUT2D eigenvalue weighted by Gasteiger charge is -2.20. The van der Waals surface area contributed by atoms with Crippen LogP contribution >= 0.6 is 0 Å². The predicted molar refractivity (Wildman–Crippen MR) is 70.9 cm³/mol. The molecule has 2 N–H and O–H groups in total. The zero-order valence-corrected chi connectivity index (χ0v) is 12.3. The SMILES string of the molecule is COC(=O)C1CCCC1S(=O)(=O)NCC(C)CCO. The van der Waals surface area contributed by atoms with Crippen molar-refractivity contribution in [2.24, 2.45) is 11.8 Å². The Labute approximate surface area is 114 Å². The van der Waals surface area contributed by atoms with Gasteiger partial charge < -0.3 is 9.84 Å². The average molecular weight is 293 g/mol. The number of sulfonamides is 1. The van der Waals surface area contributed by atoms with Crippen LogP contribution in [0.2, 0.25) is 0 Å². The number of carbonyl (C=O) groups excluding carboxylic acids is 1. The highest BCUT2D eigenvalue weighted by molar-refractivity contribution is 7.90. The quantitative estimate of drug-likeness (QED) is 0.657. The Balaban J connectivity index is 2.63. The molecule has 0 heterocycles. The van der Waals surface area contributed by atoms with Gasteiger partial charge in [0.25, 0.3) is 0 Å². The molecule has 0 bridgehead atoms. The summed E-state index contributed by atoms with van der Waals surface area (Å²) in [6, 6.07) is 0. The van der Waals surface area contributed by atoms with Crippen molar-refractivity contribution in [3.63, 3.8) is 0 Å². The number of carbonyl (C=O) groups is 1. The molecule has 19 heavy (non-hydrogen) atoms. The molecule has 3 atom stereocenters. The highest BCUT2D eigenvalue weighted by Crippen LogP contribution is 2.31. The molecule has 3 unspecified atom stereocenters. The third kappa shape index (κ3) is 4.43. The van der Waals surface area contributed by atoms with Crippen LogP contribution in [0.1, 0.15) is 32.6 Å². The molecule has 1 aliphatic rings. The standard InChI is InChI=1S/C12H23NO5S/c1-9(6-7-14)8-13-19(16,17)11-5-3-4-10(11)12(15)18-2/h9-11,13-14H,3-8H2,1-2H3. The van der Waals surface area contributed by atoms with Crippen LogP contribution in [-0.4, -0.2) is 45.0 Å². The fourth-order valence-corrected chi connectivity index (χ4v) is 4.29. The molecule has 112 valence electrons. The van der Waals surface area contributed by atoms with E-state index in [4.69, 9.17) is 5.11 Å². The summed E-state index contributed by atoms with van der Waals surface area (Å²) in [6.07, 6.45) is 2.32. The molecule has 1 aliphatic carbocycles. The maximum absolute atomic E-state index is 12.2. The van der Waals surface area contributed by atoms with Gasteiger partial charge >= 0.3 is 5.97 Å². The van der Waals surface area contributed by atoms with E-state index in [1.807, 2.05) is 6.92 Å². The number of aliphatic hydroxyl groups excluding tert-OH is 1. The molecule has 0 aromatic carbocycles. The van der Waals surface area contributed by atoms with Crippen molar-refractivity contribution in [2.75, 3.05) is 20.3 Å². The zero-order chi connectivity index (χ0) is 14.5. The Morgan fingerprint density at radius 2 is 2.16 bits per heavy atom. The average Bonchev–Trinajstić information content (AvgIpc) is 2.86. The van der Waals surface area contributed by atoms with Gasteiger partial charge in [-0.25, -0.2) is 13.1 Å². The number of nitrogens with one attached hydrogen (secondary N) is 1. The smallest absolute Gasteiger partial charge is 0.310 e. The first-order chi connectivity index (χ1) is 8.92. The number of rotatable bonds is 7. The van der Waals surface area contributed by atoms with Crippen molar-refractivity contribution >= 4 is 16.0 Å². The maximum atomic E-state index is 12.2. The summed E-state index contributed by atoms with van der Waals surface area (Å²) in [6.45, 7) is 2.19. The van der Waals surface area contributed by atoms with E-state index in [1.165, 1.54) is 7.11 Å². The highest BCUT2D eigenvalue weighted by Gasteiger charge is 2.42. The van der Waals surface area contributed by atoms with E-state index < -0.39 is 27.2 Å². The molecule has 0 saturated heterocycles. The number of ether oxygens (including phenoxy) is 1. The van der Waals surface area contributed by atoms with E-state index in [2.05, 4.69) is 9.46 Å². The fraction of sp³-hybridized carbons (Fsp3) is 0.917. The second-order valence-corrected chi connectivity index (χ2v) is 7.09. The van der Waals surface area contributed by atoms with Gasteiger partial charge in [-0.15, -0.1) is 0 Å². The molecule has 6 nitrogen and oxygen atoms in total. The van der Waals surface area contributed by atoms with Crippen molar-refractivity contribution in [2.45, 2.75) is 37.9 Å². The molecule has 0 amide bonds. The first-order valence-electron chi connectivity index (χ1n) is 6.59. The Bertz CT molecular complexity index is 395. The molecular weight excluding hydrogens is 270 g/mol. The van der Waals surface area contributed by atoms with Crippen LogP contribution in [0.5, 0.6) is 0 Å². The minimum absolute atomic E-state index is 0.0388. The van der Waals surface area contributed by atoms with Gasteiger partial charge in [-0.05, 0) is 25.2 Å². The maximum Gasteiger partial charge on any atom is 0.310 e. The predicted octanol–water partition coefficient (Wildman–Crippen LogP) is 0.266. The van der Waals surface area contributed by atoms with Crippen molar-refractivity contribution < 1.29 is 23.1 Å². The number of hydrogen-bond acceptors (Lipinski definition) is 5. The van der Waals surface area contributed by atoms with Crippen LogP contribution in [0.25, 0.3) is 0 Å². The molecule has 7 heteroatoms. The van der Waals surface area contributed by atoms with Crippen molar-refractivity contribution in [1.82, 2.24) is 4.72 Å². The third-order valence-corrected chi connectivity index (χ3v) is 5.54. The summed E-state index contributed by atoms with van der Waals surface area (Å²) in [4.78, 5) is 11.6. The van der Waals surface area contributed by atoms with E-state index in [-0.39, 0.29) is 19.1 Å². The minimum Gasteiger partial charge on any atom is -0.469 e. The number of aliphatic hydroxyl groups is 1. The van der Waals surface area contributed by atoms with Gasteiger partial charge in [-0.1, -0.05) is 13.3 Å². The summed E-state index contributed by atoms with van der Waals surface area (Å²) in [5.74, 6) is -0.940.